The van der Waals surface area contributed by atoms with Crippen molar-refractivity contribution in [2.75, 3.05) is 26.3 Å². The molecule has 0 amide bonds. The molecule has 1 aromatic carbocycles. The maximum absolute atomic E-state index is 11.1. The molecule has 146 valence electrons. The third-order valence-electron chi connectivity index (χ3n) is 4.77. The number of hydrogen-bond donors (Lipinski definition) is 1. The number of thiophene rings is 1. The van der Waals surface area contributed by atoms with Gasteiger partial charge in [-0.2, -0.15) is 0 Å². The van der Waals surface area contributed by atoms with Gasteiger partial charge in [-0.15, -0.1) is 11.3 Å². The molecule has 6 heteroatoms. The van der Waals surface area contributed by atoms with Gasteiger partial charge in [-0.25, -0.2) is 0 Å². The Morgan fingerprint density at radius 1 is 1.41 bits per heavy atom. The molecule has 1 aliphatic rings. The predicted octanol–water partition coefficient (Wildman–Crippen LogP) is 3.29. The third kappa shape index (κ3) is 5.87. The van der Waals surface area contributed by atoms with Crippen molar-refractivity contribution < 1.29 is 19.4 Å². The zero-order valence-electron chi connectivity index (χ0n) is 15.7. The predicted molar refractivity (Wildman–Crippen MR) is 107 cm³/mol. The summed E-state index contributed by atoms with van der Waals surface area (Å²) in [5.74, 6) is 0.506. The molecule has 1 aliphatic heterocycles. The Balaban J connectivity index is 1.58. The first-order valence-corrected chi connectivity index (χ1v) is 10.3. The summed E-state index contributed by atoms with van der Waals surface area (Å²) in [6, 6.07) is 9.19. The minimum atomic E-state index is -0.647. The number of carbonyl (C=O) groups excluding carboxylic acids is 1. The molecule has 1 saturated heterocycles. The number of nitrogens with zero attached hydrogens (tertiary/aromatic N) is 1. The number of carbonyl (C=O) groups is 1. The highest BCUT2D eigenvalue weighted by atomic mass is 32.1. The molecule has 2 aromatic rings. The number of aldehydes is 1. The summed E-state index contributed by atoms with van der Waals surface area (Å²) in [5.41, 5.74) is 1.78. The van der Waals surface area contributed by atoms with Crippen molar-refractivity contribution in [1.82, 2.24) is 4.90 Å². The molecule has 0 radical (unpaired) electrons. The van der Waals surface area contributed by atoms with Crippen molar-refractivity contribution in [3.05, 3.63) is 51.7 Å². The van der Waals surface area contributed by atoms with Crippen molar-refractivity contribution in [2.45, 2.75) is 38.5 Å². The van der Waals surface area contributed by atoms with Crippen LogP contribution < -0.4 is 4.74 Å². The Morgan fingerprint density at radius 3 is 2.96 bits per heavy atom. The lowest BCUT2D eigenvalue weighted by molar-refractivity contribution is 0.0315. The number of hydrogen-bond acceptors (Lipinski definition) is 6. The van der Waals surface area contributed by atoms with Gasteiger partial charge >= 0.3 is 0 Å². The first-order chi connectivity index (χ1) is 13.2. The highest BCUT2D eigenvalue weighted by Gasteiger charge is 2.22. The summed E-state index contributed by atoms with van der Waals surface area (Å²) in [6.07, 6.45) is 2.52. The summed E-state index contributed by atoms with van der Waals surface area (Å²) in [7, 11) is 0. The van der Waals surface area contributed by atoms with Gasteiger partial charge in [-0.05, 0) is 48.9 Å². The molecule has 27 heavy (non-hydrogen) atoms. The fourth-order valence-corrected chi connectivity index (χ4v) is 4.24. The van der Waals surface area contributed by atoms with E-state index in [1.54, 1.807) is 29.5 Å². The zero-order valence-corrected chi connectivity index (χ0v) is 16.5. The Morgan fingerprint density at radius 2 is 2.26 bits per heavy atom. The van der Waals surface area contributed by atoms with Gasteiger partial charge in [-0.3, -0.25) is 9.69 Å². The number of aliphatic hydroxyl groups excluding tert-OH is 1. The summed E-state index contributed by atoms with van der Waals surface area (Å²) in [5, 5.41) is 12.6. The first kappa shape index (κ1) is 20.0. The zero-order chi connectivity index (χ0) is 19.1. The van der Waals surface area contributed by atoms with Gasteiger partial charge < -0.3 is 14.6 Å². The Kier molecular flexibility index (Phi) is 7.41. The molecule has 1 fully saturated rings. The van der Waals surface area contributed by atoms with Gasteiger partial charge in [0.05, 0.1) is 11.7 Å². The number of ether oxygens (including phenoxy) is 2. The maximum Gasteiger partial charge on any atom is 0.153 e. The number of benzene rings is 1. The number of para-hydroxylation sites is 1. The summed E-state index contributed by atoms with van der Waals surface area (Å²) in [4.78, 5) is 14.6. The standard InChI is InChI=1S/C21H27NO4S/c1-16-8-10-27-21(16)13-22(12-19-6-4-9-25-19)11-18(24)15-26-20-7-3-2-5-17(20)14-23/h2-3,5,7-8,10,14,18-19,24H,4,6,9,11-13,15H2,1H3. The summed E-state index contributed by atoms with van der Waals surface area (Å²) >= 11 is 1.74. The van der Waals surface area contributed by atoms with Gasteiger partial charge in [-0.1, -0.05) is 12.1 Å². The van der Waals surface area contributed by atoms with Crippen LogP contribution in [0, 0.1) is 6.92 Å². The number of rotatable bonds is 10. The number of aryl methyl sites for hydroxylation is 1. The van der Waals surface area contributed by atoms with Crippen LogP contribution in [-0.4, -0.2) is 54.8 Å². The van der Waals surface area contributed by atoms with E-state index in [0.717, 1.165) is 38.8 Å². The van der Waals surface area contributed by atoms with Crippen LogP contribution in [0.25, 0.3) is 0 Å². The van der Waals surface area contributed by atoms with Crippen LogP contribution in [0.15, 0.2) is 35.7 Å². The smallest absolute Gasteiger partial charge is 0.153 e. The van der Waals surface area contributed by atoms with Crippen LogP contribution in [0.5, 0.6) is 5.75 Å². The van der Waals surface area contributed by atoms with Gasteiger partial charge in [0.15, 0.2) is 6.29 Å². The molecule has 3 rings (SSSR count). The van der Waals surface area contributed by atoms with E-state index in [1.807, 2.05) is 6.07 Å². The Hall–Kier alpha value is -1.73. The van der Waals surface area contributed by atoms with Crippen molar-refractivity contribution in [3.8, 4) is 5.75 Å². The Bertz CT molecular complexity index is 726. The second-order valence-corrected chi connectivity index (χ2v) is 7.98. The van der Waals surface area contributed by atoms with Crippen molar-refractivity contribution in [2.24, 2.45) is 0 Å². The van der Waals surface area contributed by atoms with Crippen LogP contribution in [0.3, 0.4) is 0 Å². The lowest BCUT2D eigenvalue weighted by Gasteiger charge is -2.27. The molecule has 0 bridgehead atoms. The quantitative estimate of drug-likeness (QED) is 0.632. The maximum atomic E-state index is 11.1. The molecule has 0 saturated carbocycles. The van der Waals surface area contributed by atoms with Gasteiger partial charge in [0.25, 0.3) is 0 Å². The fourth-order valence-electron chi connectivity index (χ4n) is 3.30. The van der Waals surface area contributed by atoms with E-state index in [9.17, 15) is 9.90 Å². The van der Waals surface area contributed by atoms with E-state index < -0.39 is 6.10 Å². The lowest BCUT2D eigenvalue weighted by Crippen LogP contribution is -2.39. The second-order valence-electron chi connectivity index (χ2n) is 6.98. The molecule has 2 unspecified atom stereocenters. The van der Waals surface area contributed by atoms with Crippen LogP contribution in [0.1, 0.15) is 33.6 Å². The van der Waals surface area contributed by atoms with Crippen LogP contribution in [0.2, 0.25) is 0 Å². The number of aliphatic hydroxyl groups is 1. The van der Waals surface area contributed by atoms with E-state index in [0.29, 0.717) is 17.9 Å². The van der Waals surface area contributed by atoms with Crippen molar-refractivity contribution >= 4 is 17.6 Å². The molecule has 0 spiro atoms. The highest BCUT2D eigenvalue weighted by Crippen LogP contribution is 2.21. The fraction of sp³-hybridized carbons (Fsp3) is 0.476. The van der Waals surface area contributed by atoms with E-state index in [2.05, 4.69) is 23.3 Å². The average Bonchev–Trinajstić information content (AvgIpc) is 3.32. The molecule has 1 aromatic heterocycles. The van der Waals surface area contributed by atoms with E-state index in [1.165, 1.54) is 10.4 Å². The highest BCUT2D eigenvalue weighted by molar-refractivity contribution is 7.10. The lowest BCUT2D eigenvalue weighted by atomic mass is 10.2. The molecular formula is C21H27NO4S. The van der Waals surface area contributed by atoms with Crippen LogP contribution >= 0.6 is 11.3 Å². The molecular weight excluding hydrogens is 362 g/mol. The monoisotopic (exact) mass is 389 g/mol. The van der Waals surface area contributed by atoms with Gasteiger partial charge in [0.1, 0.15) is 18.5 Å². The minimum Gasteiger partial charge on any atom is -0.490 e. The summed E-state index contributed by atoms with van der Waals surface area (Å²) in [6.45, 7) is 5.19. The average molecular weight is 390 g/mol. The SMILES string of the molecule is Cc1ccsc1CN(CC(O)COc1ccccc1C=O)CC1CCCO1. The molecule has 0 aliphatic carbocycles. The third-order valence-corrected chi connectivity index (χ3v) is 5.78. The molecule has 5 nitrogen and oxygen atoms in total. The summed E-state index contributed by atoms with van der Waals surface area (Å²) < 4.78 is 11.5. The van der Waals surface area contributed by atoms with Crippen LogP contribution in [0.4, 0.5) is 0 Å². The van der Waals surface area contributed by atoms with E-state index in [4.69, 9.17) is 9.47 Å². The Labute approximate surface area is 164 Å². The molecule has 2 heterocycles. The second kappa shape index (κ2) is 9.99. The van der Waals surface area contributed by atoms with Crippen molar-refractivity contribution in [1.29, 1.82) is 0 Å². The van der Waals surface area contributed by atoms with Crippen LogP contribution in [-0.2, 0) is 11.3 Å². The molecule has 2 atom stereocenters. The normalized spacial score (nSPS) is 18.0. The van der Waals surface area contributed by atoms with Crippen molar-refractivity contribution in [3.63, 3.8) is 0 Å². The van der Waals surface area contributed by atoms with E-state index >= 15 is 0 Å². The van der Waals surface area contributed by atoms with E-state index in [-0.39, 0.29) is 12.7 Å². The first-order valence-electron chi connectivity index (χ1n) is 9.37. The van der Waals surface area contributed by atoms with Gasteiger partial charge in [0.2, 0.25) is 0 Å². The topological polar surface area (TPSA) is 59.0 Å². The minimum absolute atomic E-state index is 0.149. The largest absolute Gasteiger partial charge is 0.490 e. The van der Waals surface area contributed by atoms with Gasteiger partial charge in [0, 0.05) is 31.1 Å². The molecule has 1 N–H and O–H groups in total.